The normalized spacial score (nSPS) is 16.7. The van der Waals surface area contributed by atoms with Gasteiger partial charge in [0.15, 0.2) is 0 Å². The summed E-state index contributed by atoms with van der Waals surface area (Å²) in [4.78, 5) is 202. The van der Waals surface area contributed by atoms with Crippen molar-refractivity contribution in [2.24, 2.45) is 40.7 Å². The van der Waals surface area contributed by atoms with Crippen LogP contribution in [-0.4, -0.2) is 241 Å². The number of hydrogen-bond donors (Lipinski definition) is 21. The summed E-state index contributed by atoms with van der Waals surface area (Å²) < 4.78 is 0. The van der Waals surface area contributed by atoms with Crippen molar-refractivity contribution in [1.29, 1.82) is 0 Å². The van der Waals surface area contributed by atoms with E-state index in [0.29, 0.717) is 56.3 Å². The van der Waals surface area contributed by atoms with Gasteiger partial charge < -0.3 is 117 Å². The number of phenols is 1. The third kappa shape index (κ3) is 32.2. The summed E-state index contributed by atoms with van der Waals surface area (Å²) in [5, 5.41) is 79.0. The molecule has 1 fully saturated rings. The zero-order valence-corrected chi connectivity index (χ0v) is 63.2. The van der Waals surface area contributed by atoms with Crippen LogP contribution in [-0.2, 0) is 80.0 Å². The van der Waals surface area contributed by atoms with Crippen LogP contribution in [0.4, 0.5) is 0 Å². The van der Waals surface area contributed by atoms with E-state index < -0.39 is 193 Å². The maximum atomic E-state index is 14.7. The first-order valence-electron chi connectivity index (χ1n) is 37.1. The summed E-state index contributed by atoms with van der Waals surface area (Å²) in [6.07, 6.45) is 2.84. The fraction of sp³-hybridized carbons (Fsp3) is 0.676. The quantitative estimate of drug-likeness (QED) is 0.0285. The fourth-order valence-corrected chi connectivity index (χ4v) is 11.9. The van der Waals surface area contributed by atoms with Gasteiger partial charge in [-0.2, -0.15) is 0 Å². The first kappa shape index (κ1) is 92.8. The number of nitrogens with two attached hydrogens (primary N) is 4. The van der Waals surface area contributed by atoms with E-state index in [1.807, 2.05) is 0 Å². The Morgan fingerprint density at radius 3 is 1.45 bits per heavy atom. The molecule has 1 aromatic heterocycles. The molecule has 606 valence electrons. The number of amides is 12. The highest BCUT2D eigenvalue weighted by Gasteiger charge is 2.41. The van der Waals surface area contributed by atoms with Crippen LogP contribution in [0.15, 0.2) is 36.8 Å². The maximum absolute atomic E-state index is 14.7. The van der Waals surface area contributed by atoms with E-state index in [2.05, 4.69) is 68.5 Å². The first-order valence-corrected chi connectivity index (χ1v) is 37.1. The summed E-state index contributed by atoms with van der Waals surface area (Å²) in [5.41, 5.74) is 24.3. The predicted octanol–water partition coefficient (Wildman–Crippen LogP) is -3.58. The van der Waals surface area contributed by atoms with Gasteiger partial charge in [0.2, 0.25) is 70.9 Å². The zero-order valence-electron chi connectivity index (χ0n) is 63.2. The van der Waals surface area contributed by atoms with E-state index in [0.717, 1.165) is 0 Å². The van der Waals surface area contributed by atoms with E-state index in [9.17, 15) is 92.7 Å². The number of nitrogens with zero attached hydrogens (tertiary/aromatic N) is 2. The Labute approximate surface area is 629 Å². The third-order valence-corrected chi connectivity index (χ3v) is 18.3. The Hall–Kier alpha value is -9.43. The predicted molar refractivity (Wildman–Crippen MR) is 394 cm³/mol. The molecule has 0 bridgehead atoms. The Kier molecular flexibility index (Phi) is 41.3. The minimum atomic E-state index is -1.84. The van der Waals surface area contributed by atoms with E-state index >= 15 is 0 Å². The highest BCUT2D eigenvalue weighted by Crippen LogP contribution is 2.21. The Morgan fingerprint density at radius 2 is 0.981 bits per heavy atom. The molecule has 37 nitrogen and oxygen atoms in total. The molecule has 0 radical (unpaired) electrons. The fourth-order valence-electron chi connectivity index (χ4n) is 11.9. The molecule has 0 spiro atoms. The minimum absolute atomic E-state index is 0.00250. The second kappa shape index (κ2) is 48.1. The van der Waals surface area contributed by atoms with Gasteiger partial charge in [0.1, 0.15) is 78.3 Å². The lowest BCUT2D eigenvalue weighted by Crippen LogP contribution is -2.62. The summed E-state index contributed by atoms with van der Waals surface area (Å²) in [7, 11) is 0. The number of aliphatic hydroxyl groups excluding tert-OH is 2. The number of aliphatic hydroxyl groups is 2. The Bertz CT molecular complexity index is 3250. The number of hydrogen-bond acceptors (Lipinski definition) is 22. The highest BCUT2D eigenvalue weighted by molar-refractivity contribution is 6.00. The average Bonchev–Trinajstić information content (AvgIpc) is 1.60. The number of rotatable bonds is 51. The number of imidazole rings is 1. The number of carbonyl (C=O) groups is 14. The van der Waals surface area contributed by atoms with Crippen molar-refractivity contribution in [3.8, 4) is 5.75 Å². The van der Waals surface area contributed by atoms with Crippen LogP contribution in [0.25, 0.3) is 0 Å². The van der Waals surface area contributed by atoms with Gasteiger partial charge in [-0.3, -0.25) is 62.3 Å². The van der Waals surface area contributed by atoms with Crippen LogP contribution in [0, 0.1) is 17.8 Å². The Morgan fingerprint density at radius 1 is 0.537 bits per heavy atom. The van der Waals surface area contributed by atoms with Crippen LogP contribution in [0.1, 0.15) is 169 Å². The van der Waals surface area contributed by atoms with Gasteiger partial charge in [-0.25, -0.2) is 9.78 Å². The van der Waals surface area contributed by atoms with Gasteiger partial charge in [0.25, 0.3) is 0 Å². The van der Waals surface area contributed by atoms with E-state index in [1.54, 1.807) is 41.5 Å². The molecule has 12 amide bonds. The van der Waals surface area contributed by atoms with Crippen molar-refractivity contribution in [3.05, 3.63) is 48.0 Å². The molecular weight excluding hydrogens is 1410 g/mol. The maximum Gasteiger partial charge on any atom is 0.326 e. The number of aromatic nitrogens is 2. The van der Waals surface area contributed by atoms with E-state index in [1.165, 1.54) is 55.5 Å². The lowest BCUT2D eigenvalue weighted by atomic mass is 9.96. The summed E-state index contributed by atoms with van der Waals surface area (Å²) in [5.74, 6) is -14.9. The largest absolute Gasteiger partial charge is 0.508 e. The summed E-state index contributed by atoms with van der Waals surface area (Å²) >= 11 is 0. The van der Waals surface area contributed by atoms with Crippen molar-refractivity contribution in [3.63, 3.8) is 0 Å². The molecule has 1 saturated heterocycles. The molecule has 1 aliphatic heterocycles. The number of unbranched alkanes of at least 4 members (excludes halogenated alkanes) is 3. The van der Waals surface area contributed by atoms with E-state index in [4.69, 9.17) is 22.9 Å². The topological polar surface area (TPSA) is 608 Å². The van der Waals surface area contributed by atoms with E-state index in [-0.39, 0.29) is 101 Å². The van der Waals surface area contributed by atoms with Crippen molar-refractivity contribution >= 4 is 82.8 Å². The molecule has 2 aromatic rings. The van der Waals surface area contributed by atoms with Crippen LogP contribution in [0.2, 0.25) is 0 Å². The number of H-pyrrole nitrogens is 1. The van der Waals surface area contributed by atoms with Crippen LogP contribution < -0.4 is 81.4 Å². The minimum Gasteiger partial charge on any atom is -0.508 e. The van der Waals surface area contributed by atoms with Crippen molar-refractivity contribution in [2.75, 3.05) is 32.8 Å². The molecule has 0 saturated carbocycles. The van der Waals surface area contributed by atoms with Gasteiger partial charge in [0.05, 0.1) is 25.1 Å². The number of benzene rings is 1. The molecule has 37 heteroatoms. The number of aromatic hydroxyl groups is 1. The first-order chi connectivity index (χ1) is 51.1. The van der Waals surface area contributed by atoms with Gasteiger partial charge in [-0.05, 0) is 159 Å². The molecule has 0 unspecified atom stereocenters. The van der Waals surface area contributed by atoms with Crippen LogP contribution in [0.5, 0.6) is 5.75 Å². The zero-order chi connectivity index (χ0) is 80.9. The van der Waals surface area contributed by atoms with Crippen LogP contribution >= 0.6 is 0 Å². The van der Waals surface area contributed by atoms with Gasteiger partial charge in [-0.15, -0.1) is 0 Å². The SMILES string of the molecule is CC[C@H](C)[C@H](NC(=O)[C@H](CCC(=O)O)NC(=O)[C@H](CCCCN)NC(=O)[C@H](CO)NC(=O)[C@@H](NC(=O)[C@@H]1CCCN1C(=O)[C@@H](N)Cc1cnc[nH]1)[C@@H](C)O)C(=O)N[C@@H](Cc1ccc(O)cc1)C(=O)N[C@@H](C)C(=O)N[C@@H](CCCCN)C(=O)N[C@@H](CC(C)C)C(=O)N[C@@H](CC(C)C)C(=O)N[C@@H](CCCCN)C(=O)O. The molecule has 15 atom stereocenters. The van der Waals surface area contributed by atoms with Gasteiger partial charge in [-0.1, -0.05) is 60.1 Å². The number of carboxylic acid groups (broad SMARTS) is 2. The summed E-state index contributed by atoms with van der Waals surface area (Å²) in [6.45, 7) is 12.7. The number of carboxylic acids is 2. The van der Waals surface area contributed by atoms with Crippen LogP contribution in [0.3, 0.4) is 0 Å². The second-order valence-electron chi connectivity index (χ2n) is 28.3. The van der Waals surface area contributed by atoms with Gasteiger partial charge >= 0.3 is 11.9 Å². The molecule has 25 N–H and O–H groups in total. The lowest BCUT2D eigenvalue weighted by Gasteiger charge is -2.30. The molecule has 3 rings (SSSR count). The van der Waals surface area contributed by atoms with Crippen molar-refractivity contribution in [2.45, 2.75) is 256 Å². The van der Waals surface area contributed by atoms with Crippen molar-refractivity contribution in [1.82, 2.24) is 73.4 Å². The number of nitrogens with one attached hydrogen (secondary N) is 12. The number of aromatic amines is 1. The average molecular weight is 1530 g/mol. The van der Waals surface area contributed by atoms with Gasteiger partial charge in [0, 0.05) is 37.7 Å². The number of phenolic OH excluding ortho intramolecular Hbond substituents is 1. The molecule has 1 aliphatic rings. The smallest absolute Gasteiger partial charge is 0.326 e. The molecular formula is C71H118N18O19. The lowest BCUT2D eigenvalue weighted by molar-refractivity contribution is -0.142. The third-order valence-electron chi connectivity index (χ3n) is 18.3. The number of carbonyl (C=O) groups excluding carboxylic acids is 12. The standard InChI is InChI=1S/C71H118N18O19/c1-9-40(6)57(87-62(98)49(25-26-56(93)94)81-60(96)48(18-11-14-28-73)80-66(102)54(36-90)86-69(105)58(42(8)91)88-67(103)55-20-16-30-89(55)70(106)46(75)34-44-35-76-37-77-44)68(104)85-53(33-43-21-23-45(92)24-22-43)63(99)78-41(7)59(95)79-47(17-10-13-27-72)61(97)83-52(32-39(4)5)65(101)84-51(31-38(2)3)64(100)82-50(71(107)108)19-12-15-29-74/h21-24,35,37-42,46-55,57-58,90-92H,9-20,25-34,36,72-75H2,1-8H3,(H,76,77)(H,78,99)(H,79,95)(H,80,102)(H,81,96)(H,82,100)(H,83,97)(H,84,101)(H,85,104)(H,86,105)(H,87,98)(H,88,103)(H,93,94)(H,107,108)/t40-,41-,42+,46-,47-,48-,49-,50-,51-,52-,53-,54-,55-,57-,58-/m0/s1. The number of aliphatic carboxylic acids is 2. The second-order valence-corrected chi connectivity index (χ2v) is 28.3. The Balaban J connectivity index is 1.89. The number of likely N-dealkylation sites (tertiary alicyclic amines) is 1. The molecule has 108 heavy (non-hydrogen) atoms. The van der Waals surface area contributed by atoms with Crippen molar-refractivity contribution < 1.29 is 92.7 Å². The molecule has 1 aromatic carbocycles. The summed E-state index contributed by atoms with van der Waals surface area (Å²) in [6, 6.07) is -13.1. The molecule has 2 heterocycles. The molecule has 0 aliphatic carbocycles. The highest BCUT2D eigenvalue weighted by atomic mass is 16.4. The monoisotopic (exact) mass is 1530 g/mol.